The number of aryl methyl sites for hydroxylation is 1. The van der Waals surface area contributed by atoms with Crippen LogP contribution in [0.4, 0.5) is 17.2 Å². The van der Waals surface area contributed by atoms with Crippen LogP contribution >= 0.6 is 0 Å². The van der Waals surface area contributed by atoms with Gasteiger partial charge in [0.25, 0.3) is 11.4 Å². The molecule has 10 heteroatoms. The van der Waals surface area contributed by atoms with Crippen LogP contribution < -0.4 is 5.32 Å². The van der Waals surface area contributed by atoms with Gasteiger partial charge in [0.1, 0.15) is 5.76 Å². The van der Waals surface area contributed by atoms with Crippen molar-refractivity contribution in [3.8, 4) is 0 Å². The number of benzene rings is 1. The number of rotatable bonds is 5. The lowest BCUT2D eigenvalue weighted by Gasteiger charge is -2.03. The largest absolute Gasteiger partial charge is 0.360 e. The molecule has 0 spiro atoms. The second kappa shape index (κ2) is 5.99. The van der Waals surface area contributed by atoms with Crippen molar-refractivity contribution in [1.29, 1.82) is 0 Å². The number of carbonyl (C=O) groups excluding carboxylic acids is 1. The molecule has 0 aliphatic carbocycles. The third-order valence-corrected chi connectivity index (χ3v) is 2.72. The lowest BCUT2D eigenvalue weighted by Crippen LogP contribution is -2.15. The predicted molar refractivity (Wildman–Crippen MR) is 73.3 cm³/mol. The van der Waals surface area contributed by atoms with Gasteiger partial charge in [-0.1, -0.05) is 5.16 Å². The van der Waals surface area contributed by atoms with E-state index in [4.69, 9.17) is 4.52 Å². The van der Waals surface area contributed by atoms with Crippen LogP contribution in [-0.2, 0) is 11.2 Å². The minimum absolute atomic E-state index is 0.0633. The second-order valence-electron chi connectivity index (χ2n) is 4.37. The fraction of sp³-hybridized carbons (Fsp3) is 0.167. The Morgan fingerprint density at radius 1 is 1.27 bits per heavy atom. The molecule has 2 rings (SSSR count). The summed E-state index contributed by atoms with van der Waals surface area (Å²) in [5, 5.41) is 27.6. The normalized spacial score (nSPS) is 10.2. The number of nitrogens with one attached hydrogen (secondary N) is 1. The Kier molecular flexibility index (Phi) is 4.11. The molecule has 1 aromatic carbocycles. The number of hydrogen-bond donors (Lipinski definition) is 1. The first-order valence-electron chi connectivity index (χ1n) is 6.01. The summed E-state index contributed by atoms with van der Waals surface area (Å²) in [5.41, 5.74) is -0.836. The van der Waals surface area contributed by atoms with Gasteiger partial charge in [-0.05, 0) is 13.0 Å². The number of aromatic nitrogens is 1. The number of nitrogens with zero attached hydrogens (tertiary/aromatic N) is 3. The number of nitro benzene ring substituents is 2. The SMILES string of the molecule is Cc1cc(NC(=O)Cc2ccc([N+](=O)[O-])cc2[N+](=O)[O-])no1. The van der Waals surface area contributed by atoms with E-state index < -0.39 is 27.1 Å². The highest BCUT2D eigenvalue weighted by molar-refractivity contribution is 5.92. The first-order chi connectivity index (χ1) is 10.4. The van der Waals surface area contributed by atoms with E-state index in [1.165, 1.54) is 12.1 Å². The molecule has 0 saturated carbocycles. The average molecular weight is 306 g/mol. The molecule has 0 saturated heterocycles. The van der Waals surface area contributed by atoms with Crippen molar-refractivity contribution in [2.45, 2.75) is 13.3 Å². The lowest BCUT2D eigenvalue weighted by molar-refractivity contribution is -0.394. The maximum Gasteiger partial charge on any atom is 0.279 e. The van der Waals surface area contributed by atoms with E-state index in [1.54, 1.807) is 6.92 Å². The molecule has 0 aliphatic rings. The predicted octanol–water partition coefficient (Wildman–Crippen LogP) is 1.98. The van der Waals surface area contributed by atoms with Gasteiger partial charge >= 0.3 is 0 Å². The molecular weight excluding hydrogens is 296 g/mol. The third-order valence-electron chi connectivity index (χ3n) is 2.72. The maximum atomic E-state index is 11.8. The lowest BCUT2D eigenvalue weighted by atomic mass is 10.1. The zero-order valence-electron chi connectivity index (χ0n) is 11.3. The summed E-state index contributed by atoms with van der Waals surface area (Å²) in [6.45, 7) is 1.64. The van der Waals surface area contributed by atoms with Gasteiger partial charge in [-0.2, -0.15) is 0 Å². The molecule has 10 nitrogen and oxygen atoms in total. The van der Waals surface area contributed by atoms with Gasteiger partial charge < -0.3 is 9.84 Å². The van der Waals surface area contributed by atoms with Crippen molar-refractivity contribution in [2.24, 2.45) is 0 Å². The van der Waals surface area contributed by atoms with Crippen molar-refractivity contribution in [3.63, 3.8) is 0 Å². The van der Waals surface area contributed by atoms with Gasteiger partial charge in [0.15, 0.2) is 5.82 Å². The van der Waals surface area contributed by atoms with Gasteiger partial charge in [0, 0.05) is 17.7 Å². The van der Waals surface area contributed by atoms with E-state index in [2.05, 4.69) is 10.5 Å². The number of amides is 1. The zero-order valence-corrected chi connectivity index (χ0v) is 11.3. The summed E-state index contributed by atoms with van der Waals surface area (Å²) in [6, 6.07) is 4.60. The standard InChI is InChI=1S/C12H10N4O6/c1-7-4-11(14-22-7)13-12(17)5-8-2-3-9(15(18)19)6-10(8)16(20)21/h2-4,6H,5H2,1H3,(H,13,14,17). The van der Waals surface area contributed by atoms with Crippen LogP contribution in [0.5, 0.6) is 0 Å². The highest BCUT2D eigenvalue weighted by atomic mass is 16.6. The molecule has 0 radical (unpaired) electrons. The zero-order chi connectivity index (χ0) is 16.3. The van der Waals surface area contributed by atoms with E-state index in [0.717, 1.165) is 12.1 Å². The first kappa shape index (κ1) is 15.1. The Labute approximate surface area is 123 Å². The van der Waals surface area contributed by atoms with Crippen LogP contribution in [0.25, 0.3) is 0 Å². The minimum Gasteiger partial charge on any atom is -0.360 e. The van der Waals surface area contributed by atoms with E-state index in [9.17, 15) is 25.0 Å². The van der Waals surface area contributed by atoms with Crippen LogP contribution in [-0.4, -0.2) is 20.9 Å². The van der Waals surface area contributed by atoms with E-state index in [1.807, 2.05) is 0 Å². The molecule has 0 fully saturated rings. The summed E-state index contributed by atoms with van der Waals surface area (Å²) >= 11 is 0. The summed E-state index contributed by atoms with van der Waals surface area (Å²) in [5.74, 6) is 0.133. The molecule has 1 N–H and O–H groups in total. The van der Waals surface area contributed by atoms with Crippen LogP contribution in [0.2, 0.25) is 0 Å². The Hall–Kier alpha value is -3.30. The Bertz CT molecular complexity index is 754. The monoisotopic (exact) mass is 306 g/mol. The number of anilines is 1. The molecule has 0 unspecified atom stereocenters. The molecule has 114 valence electrons. The smallest absolute Gasteiger partial charge is 0.279 e. The molecule has 22 heavy (non-hydrogen) atoms. The van der Waals surface area contributed by atoms with Gasteiger partial charge in [0.2, 0.25) is 5.91 Å². The van der Waals surface area contributed by atoms with Crippen LogP contribution in [0.1, 0.15) is 11.3 Å². The van der Waals surface area contributed by atoms with Crippen LogP contribution in [0, 0.1) is 27.2 Å². The molecule has 1 amide bonds. The van der Waals surface area contributed by atoms with Crippen LogP contribution in [0.15, 0.2) is 28.8 Å². The van der Waals surface area contributed by atoms with Gasteiger partial charge in [-0.25, -0.2) is 0 Å². The minimum atomic E-state index is -0.768. The molecule has 1 heterocycles. The Balaban J connectivity index is 2.19. The molecular formula is C12H10N4O6. The summed E-state index contributed by atoms with van der Waals surface area (Å²) in [6.07, 6.45) is -0.319. The molecule has 0 bridgehead atoms. The second-order valence-corrected chi connectivity index (χ2v) is 4.37. The Morgan fingerprint density at radius 3 is 2.55 bits per heavy atom. The summed E-state index contributed by atoms with van der Waals surface area (Å²) < 4.78 is 4.77. The number of nitro groups is 2. The summed E-state index contributed by atoms with van der Waals surface area (Å²) in [7, 11) is 0. The average Bonchev–Trinajstić information content (AvgIpc) is 2.83. The first-order valence-corrected chi connectivity index (χ1v) is 6.01. The van der Waals surface area contributed by atoms with Gasteiger partial charge in [-0.15, -0.1) is 0 Å². The van der Waals surface area contributed by atoms with Crippen molar-refractivity contribution < 1.29 is 19.2 Å². The molecule has 1 aromatic heterocycles. The Morgan fingerprint density at radius 2 is 2.00 bits per heavy atom. The highest BCUT2D eigenvalue weighted by Gasteiger charge is 2.21. The van der Waals surface area contributed by atoms with Crippen molar-refractivity contribution >= 4 is 23.1 Å². The molecule has 0 aliphatic heterocycles. The van der Waals surface area contributed by atoms with Gasteiger partial charge in [-0.3, -0.25) is 25.0 Å². The van der Waals surface area contributed by atoms with Crippen LogP contribution in [0.3, 0.4) is 0 Å². The fourth-order valence-electron chi connectivity index (χ4n) is 1.77. The number of non-ortho nitro benzene ring substituents is 1. The van der Waals surface area contributed by atoms with E-state index in [-0.39, 0.29) is 17.8 Å². The highest BCUT2D eigenvalue weighted by Crippen LogP contribution is 2.25. The van der Waals surface area contributed by atoms with Crippen molar-refractivity contribution in [1.82, 2.24) is 5.16 Å². The molecule has 2 aromatic rings. The number of hydrogen-bond acceptors (Lipinski definition) is 7. The van der Waals surface area contributed by atoms with Crippen molar-refractivity contribution in [2.75, 3.05) is 5.32 Å². The number of carbonyl (C=O) groups is 1. The van der Waals surface area contributed by atoms with Gasteiger partial charge in [0.05, 0.1) is 22.3 Å². The maximum absolute atomic E-state index is 11.8. The summed E-state index contributed by atoms with van der Waals surface area (Å²) in [4.78, 5) is 31.9. The van der Waals surface area contributed by atoms with E-state index in [0.29, 0.717) is 5.76 Å². The quantitative estimate of drug-likeness (QED) is 0.657. The molecule has 0 atom stereocenters. The topological polar surface area (TPSA) is 141 Å². The van der Waals surface area contributed by atoms with Crippen molar-refractivity contribution in [3.05, 3.63) is 55.8 Å². The van der Waals surface area contributed by atoms with E-state index >= 15 is 0 Å². The fourth-order valence-corrected chi connectivity index (χ4v) is 1.77. The third kappa shape index (κ3) is 3.42.